The quantitative estimate of drug-likeness (QED) is 0.904. The lowest BCUT2D eigenvalue weighted by Gasteiger charge is -2.11. The topological polar surface area (TPSA) is 24.9 Å². The van der Waals surface area contributed by atoms with Gasteiger partial charge in [0.2, 0.25) is 0 Å². The van der Waals surface area contributed by atoms with Crippen molar-refractivity contribution in [3.8, 4) is 11.1 Å². The van der Waals surface area contributed by atoms with Gasteiger partial charge in [0, 0.05) is 36.1 Å². The molecule has 1 aromatic carbocycles. The van der Waals surface area contributed by atoms with Crippen molar-refractivity contribution in [3.63, 3.8) is 0 Å². The second kappa shape index (κ2) is 5.93. The molecular formula is C16H19FN2. The Kier molecular flexibility index (Phi) is 4.27. The molecule has 2 nitrogen and oxygen atoms in total. The van der Waals surface area contributed by atoms with Crippen molar-refractivity contribution in [2.75, 3.05) is 0 Å². The van der Waals surface area contributed by atoms with Gasteiger partial charge in [-0.25, -0.2) is 4.39 Å². The number of pyridine rings is 1. The van der Waals surface area contributed by atoms with E-state index in [1.807, 2.05) is 25.1 Å². The molecule has 0 fully saturated rings. The zero-order chi connectivity index (χ0) is 13.8. The number of halogens is 1. The largest absolute Gasteiger partial charge is 0.310 e. The minimum Gasteiger partial charge on any atom is -0.310 e. The van der Waals surface area contributed by atoms with Crippen molar-refractivity contribution in [2.45, 2.75) is 33.4 Å². The molecule has 3 heteroatoms. The molecule has 0 spiro atoms. The molecule has 2 aromatic rings. The van der Waals surface area contributed by atoms with Gasteiger partial charge in [0.15, 0.2) is 0 Å². The summed E-state index contributed by atoms with van der Waals surface area (Å²) in [5.41, 5.74) is 3.45. The zero-order valence-corrected chi connectivity index (χ0v) is 11.6. The molecule has 0 aliphatic heterocycles. The first-order chi connectivity index (χ1) is 9.08. The van der Waals surface area contributed by atoms with E-state index in [1.165, 1.54) is 0 Å². The number of benzene rings is 1. The summed E-state index contributed by atoms with van der Waals surface area (Å²) in [6.45, 7) is 6.79. The van der Waals surface area contributed by atoms with Gasteiger partial charge in [-0.3, -0.25) is 4.98 Å². The highest BCUT2D eigenvalue weighted by Gasteiger charge is 2.08. The van der Waals surface area contributed by atoms with E-state index in [0.717, 1.165) is 16.7 Å². The standard InChI is InChI=1S/C16H19FN2/c1-11(2)19-9-13-4-5-14(16(17)8-13)15-10-18-7-6-12(15)3/h4-8,10-11,19H,9H2,1-3H3. The van der Waals surface area contributed by atoms with Gasteiger partial charge in [-0.1, -0.05) is 26.0 Å². The average molecular weight is 258 g/mol. The van der Waals surface area contributed by atoms with Crippen LogP contribution in [0.3, 0.4) is 0 Å². The van der Waals surface area contributed by atoms with Crippen LogP contribution in [0, 0.1) is 12.7 Å². The van der Waals surface area contributed by atoms with Gasteiger partial charge in [-0.05, 0) is 30.2 Å². The van der Waals surface area contributed by atoms with Gasteiger partial charge in [0.05, 0.1) is 0 Å². The van der Waals surface area contributed by atoms with Crippen molar-refractivity contribution in [3.05, 3.63) is 53.6 Å². The Morgan fingerprint density at radius 2 is 2.00 bits per heavy atom. The number of hydrogen-bond acceptors (Lipinski definition) is 2. The zero-order valence-electron chi connectivity index (χ0n) is 11.6. The first kappa shape index (κ1) is 13.7. The molecule has 0 unspecified atom stereocenters. The predicted octanol–water partition coefficient (Wildman–Crippen LogP) is 3.69. The molecule has 0 saturated carbocycles. The van der Waals surface area contributed by atoms with Gasteiger partial charge in [-0.2, -0.15) is 0 Å². The molecule has 1 N–H and O–H groups in total. The van der Waals surface area contributed by atoms with Crippen LogP contribution in [0.1, 0.15) is 25.0 Å². The Bertz CT molecular complexity index is 564. The van der Waals surface area contributed by atoms with Crippen LogP contribution in [0.15, 0.2) is 36.7 Å². The van der Waals surface area contributed by atoms with E-state index in [1.54, 1.807) is 18.5 Å². The minimum atomic E-state index is -0.195. The van der Waals surface area contributed by atoms with Crippen molar-refractivity contribution >= 4 is 0 Å². The van der Waals surface area contributed by atoms with Crippen molar-refractivity contribution in [2.24, 2.45) is 0 Å². The number of hydrogen-bond donors (Lipinski definition) is 1. The van der Waals surface area contributed by atoms with Crippen LogP contribution in [0.4, 0.5) is 4.39 Å². The van der Waals surface area contributed by atoms with Crippen molar-refractivity contribution in [1.29, 1.82) is 0 Å². The molecular weight excluding hydrogens is 239 g/mol. The molecule has 0 amide bonds. The number of aryl methyl sites for hydroxylation is 1. The minimum absolute atomic E-state index is 0.195. The van der Waals surface area contributed by atoms with E-state index in [0.29, 0.717) is 18.2 Å². The molecule has 1 heterocycles. The normalized spacial score (nSPS) is 11.0. The van der Waals surface area contributed by atoms with Gasteiger partial charge in [-0.15, -0.1) is 0 Å². The van der Waals surface area contributed by atoms with E-state index in [9.17, 15) is 4.39 Å². The third-order valence-corrected chi connectivity index (χ3v) is 3.08. The SMILES string of the molecule is Cc1ccncc1-c1ccc(CNC(C)C)cc1F. The first-order valence-electron chi connectivity index (χ1n) is 6.50. The summed E-state index contributed by atoms with van der Waals surface area (Å²) in [6.07, 6.45) is 3.43. The molecule has 0 atom stereocenters. The van der Waals surface area contributed by atoms with Gasteiger partial charge < -0.3 is 5.32 Å². The van der Waals surface area contributed by atoms with Gasteiger partial charge >= 0.3 is 0 Å². The van der Waals surface area contributed by atoms with E-state index >= 15 is 0 Å². The Hall–Kier alpha value is -1.74. The fourth-order valence-electron chi connectivity index (χ4n) is 1.95. The number of nitrogens with zero attached hydrogens (tertiary/aromatic N) is 1. The van der Waals surface area contributed by atoms with Crippen LogP contribution >= 0.6 is 0 Å². The van der Waals surface area contributed by atoms with Crippen LogP contribution in [0.2, 0.25) is 0 Å². The fraction of sp³-hybridized carbons (Fsp3) is 0.312. The molecule has 0 aliphatic rings. The molecule has 0 aliphatic carbocycles. The van der Waals surface area contributed by atoms with Crippen LogP contribution in [0.25, 0.3) is 11.1 Å². The number of rotatable bonds is 4. The summed E-state index contributed by atoms with van der Waals surface area (Å²) in [4.78, 5) is 4.07. The van der Waals surface area contributed by atoms with Crippen LogP contribution in [-0.4, -0.2) is 11.0 Å². The smallest absolute Gasteiger partial charge is 0.131 e. The summed E-state index contributed by atoms with van der Waals surface area (Å²) in [5.74, 6) is -0.195. The molecule has 0 bridgehead atoms. The lowest BCUT2D eigenvalue weighted by Crippen LogP contribution is -2.21. The van der Waals surface area contributed by atoms with E-state index in [4.69, 9.17) is 0 Å². The van der Waals surface area contributed by atoms with E-state index in [-0.39, 0.29) is 5.82 Å². The van der Waals surface area contributed by atoms with Crippen LogP contribution in [0.5, 0.6) is 0 Å². The van der Waals surface area contributed by atoms with E-state index in [2.05, 4.69) is 24.1 Å². The van der Waals surface area contributed by atoms with Crippen molar-refractivity contribution in [1.82, 2.24) is 10.3 Å². The second-order valence-corrected chi connectivity index (χ2v) is 5.04. The van der Waals surface area contributed by atoms with E-state index < -0.39 is 0 Å². The molecule has 1 aromatic heterocycles. The third-order valence-electron chi connectivity index (χ3n) is 3.08. The monoisotopic (exact) mass is 258 g/mol. The van der Waals surface area contributed by atoms with Crippen LogP contribution in [-0.2, 0) is 6.54 Å². The van der Waals surface area contributed by atoms with Crippen LogP contribution < -0.4 is 5.32 Å². The number of nitrogens with one attached hydrogen (secondary N) is 1. The number of aromatic nitrogens is 1. The molecule has 19 heavy (non-hydrogen) atoms. The highest BCUT2D eigenvalue weighted by Crippen LogP contribution is 2.25. The highest BCUT2D eigenvalue weighted by atomic mass is 19.1. The van der Waals surface area contributed by atoms with Gasteiger partial charge in [0.25, 0.3) is 0 Å². The Balaban J connectivity index is 2.27. The maximum absolute atomic E-state index is 14.2. The van der Waals surface area contributed by atoms with Gasteiger partial charge in [0.1, 0.15) is 5.82 Å². The van der Waals surface area contributed by atoms with Crippen molar-refractivity contribution < 1.29 is 4.39 Å². The average Bonchev–Trinajstić information content (AvgIpc) is 2.38. The summed E-state index contributed by atoms with van der Waals surface area (Å²) in [5, 5.41) is 3.28. The highest BCUT2D eigenvalue weighted by molar-refractivity contribution is 5.66. The molecule has 100 valence electrons. The summed E-state index contributed by atoms with van der Waals surface area (Å²) >= 11 is 0. The molecule has 0 radical (unpaired) electrons. The lowest BCUT2D eigenvalue weighted by molar-refractivity contribution is 0.582. The second-order valence-electron chi connectivity index (χ2n) is 5.04. The maximum atomic E-state index is 14.2. The lowest BCUT2D eigenvalue weighted by atomic mass is 10.0. The summed E-state index contributed by atoms with van der Waals surface area (Å²) in [6, 6.07) is 7.67. The Morgan fingerprint density at radius 1 is 1.21 bits per heavy atom. The molecule has 2 rings (SSSR count). The predicted molar refractivity (Wildman–Crippen MR) is 76.3 cm³/mol. The first-order valence-corrected chi connectivity index (χ1v) is 6.50. The maximum Gasteiger partial charge on any atom is 0.131 e. The summed E-state index contributed by atoms with van der Waals surface area (Å²) < 4.78 is 14.2. The Morgan fingerprint density at radius 3 is 2.63 bits per heavy atom. The fourth-order valence-corrected chi connectivity index (χ4v) is 1.95. The molecule has 0 saturated heterocycles. The third kappa shape index (κ3) is 3.38. The summed E-state index contributed by atoms with van der Waals surface area (Å²) in [7, 11) is 0. The Labute approximate surface area is 113 Å².